The van der Waals surface area contributed by atoms with E-state index >= 15 is 0 Å². The van der Waals surface area contributed by atoms with E-state index in [0.29, 0.717) is 5.02 Å². The molecular weight excluding hydrogens is 264 g/mol. The largest absolute Gasteiger partial charge is 0.387 e. The van der Waals surface area contributed by atoms with E-state index in [1.165, 1.54) is 0 Å². The van der Waals surface area contributed by atoms with Gasteiger partial charge in [0.05, 0.1) is 12.0 Å². The fraction of sp³-hybridized carbons (Fsp3) is 0.500. The summed E-state index contributed by atoms with van der Waals surface area (Å²) in [6.07, 6.45) is 1.24. The molecule has 2 atom stereocenters. The van der Waals surface area contributed by atoms with Crippen molar-refractivity contribution in [2.75, 3.05) is 19.6 Å². The van der Waals surface area contributed by atoms with E-state index in [9.17, 15) is 9.90 Å². The van der Waals surface area contributed by atoms with E-state index in [1.54, 1.807) is 24.3 Å². The summed E-state index contributed by atoms with van der Waals surface area (Å²) < 4.78 is 0. The summed E-state index contributed by atoms with van der Waals surface area (Å²) in [5.74, 6) is 0.0337. The summed E-state index contributed by atoms with van der Waals surface area (Å²) in [5.41, 5.74) is 0.756. The van der Waals surface area contributed by atoms with Gasteiger partial charge >= 0.3 is 0 Å². The van der Waals surface area contributed by atoms with Crippen molar-refractivity contribution in [2.45, 2.75) is 18.9 Å². The molecule has 0 aromatic heterocycles. The predicted molar refractivity (Wildman–Crippen MR) is 75.0 cm³/mol. The monoisotopic (exact) mass is 282 g/mol. The van der Waals surface area contributed by atoms with Crippen molar-refractivity contribution in [1.29, 1.82) is 0 Å². The fourth-order valence-corrected chi connectivity index (χ4v) is 2.35. The summed E-state index contributed by atoms with van der Waals surface area (Å²) in [6, 6.07) is 6.99. The van der Waals surface area contributed by atoms with Crippen LogP contribution in [-0.4, -0.2) is 30.6 Å². The molecule has 1 aliphatic rings. The molecule has 104 valence electrons. The zero-order valence-corrected chi connectivity index (χ0v) is 11.5. The number of nitrogens with one attached hydrogen (secondary N) is 2. The van der Waals surface area contributed by atoms with Gasteiger partial charge in [-0.25, -0.2) is 0 Å². The average molecular weight is 283 g/mol. The van der Waals surface area contributed by atoms with Crippen LogP contribution in [0.4, 0.5) is 0 Å². The van der Waals surface area contributed by atoms with Gasteiger partial charge < -0.3 is 15.7 Å². The van der Waals surface area contributed by atoms with Crippen molar-refractivity contribution < 1.29 is 9.90 Å². The average Bonchev–Trinajstić information content (AvgIpc) is 2.46. The third-order valence-corrected chi connectivity index (χ3v) is 3.64. The molecule has 1 saturated heterocycles. The Kier molecular flexibility index (Phi) is 5.19. The summed E-state index contributed by atoms with van der Waals surface area (Å²) in [5, 5.41) is 16.6. The molecule has 1 heterocycles. The van der Waals surface area contributed by atoms with Gasteiger partial charge in [-0.3, -0.25) is 4.79 Å². The Morgan fingerprint density at radius 3 is 2.84 bits per heavy atom. The van der Waals surface area contributed by atoms with Crippen LogP contribution in [0.15, 0.2) is 24.3 Å². The lowest BCUT2D eigenvalue weighted by atomic mass is 9.98. The Morgan fingerprint density at radius 2 is 2.21 bits per heavy atom. The molecule has 1 aromatic carbocycles. The van der Waals surface area contributed by atoms with Gasteiger partial charge in [0.1, 0.15) is 0 Å². The number of carbonyl (C=O) groups is 1. The number of piperidine rings is 1. The first-order valence-electron chi connectivity index (χ1n) is 6.59. The van der Waals surface area contributed by atoms with Crippen LogP contribution in [0.5, 0.6) is 0 Å². The highest BCUT2D eigenvalue weighted by atomic mass is 35.5. The van der Waals surface area contributed by atoms with Gasteiger partial charge in [-0.2, -0.15) is 0 Å². The number of amides is 1. The van der Waals surface area contributed by atoms with E-state index in [4.69, 9.17) is 11.6 Å². The number of halogens is 1. The molecule has 1 aromatic rings. The van der Waals surface area contributed by atoms with Crippen molar-refractivity contribution in [3.63, 3.8) is 0 Å². The lowest BCUT2D eigenvalue weighted by molar-refractivity contribution is -0.125. The van der Waals surface area contributed by atoms with E-state index < -0.39 is 6.10 Å². The first kappa shape index (κ1) is 14.3. The molecule has 1 fully saturated rings. The maximum atomic E-state index is 11.9. The SMILES string of the molecule is O=C(NCC(O)c1ccc(Cl)cc1)C1CCCNC1. The van der Waals surface area contributed by atoms with Crippen molar-refractivity contribution in [1.82, 2.24) is 10.6 Å². The molecule has 19 heavy (non-hydrogen) atoms. The maximum absolute atomic E-state index is 11.9. The minimum atomic E-state index is -0.697. The van der Waals surface area contributed by atoms with Gasteiger partial charge in [0.2, 0.25) is 5.91 Å². The Morgan fingerprint density at radius 1 is 1.47 bits per heavy atom. The first-order valence-corrected chi connectivity index (χ1v) is 6.96. The normalized spacial score (nSPS) is 20.8. The number of hydrogen-bond acceptors (Lipinski definition) is 3. The molecule has 2 unspecified atom stereocenters. The number of carbonyl (C=O) groups excluding carboxylic acids is 1. The molecule has 2 rings (SSSR count). The van der Waals surface area contributed by atoms with Crippen LogP contribution in [0, 0.1) is 5.92 Å². The Hall–Kier alpha value is -1.10. The lowest BCUT2D eigenvalue weighted by Gasteiger charge is -2.22. The first-order chi connectivity index (χ1) is 9.16. The molecule has 0 radical (unpaired) electrons. The van der Waals surface area contributed by atoms with E-state index in [-0.39, 0.29) is 18.4 Å². The zero-order chi connectivity index (χ0) is 13.7. The Balaban J connectivity index is 1.80. The van der Waals surface area contributed by atoms with Gasteiger partial charge in [-0.1, -0.05) is 23.7 Å². The summed E-state index contributed by atoms with van der Waals surface area (Å²) in [6.45, 7) is 1.94. The molecule has 1 aliphatic heterocycles. The van der Waals surface area contributed by atoms with E-state index in [1.807, 2.05) is 0 Å². The number of aliphatic hydroxyl groups is 1. The highest BCUT2D eigenvalue weighted by molar-refractivity contribution is 6.30. The molecule has 3 N–H and O–H groups in total. The molecule has 5 heteroatoms. The fourth-order valence-electron chi connectivity index (χ4n) is 2.22. The van der Waals surface area contributed by atoms with Crippen LogP contribution in [0.1, 0.15) is 24.5 Å². The van der Waals surface area contributed by atoms with Crippen LogP contribution >= 0.6 is 11.6 Å². The number of hydrogen-bond donors (Lipinski definition) is 3. The summed E-state index contributed by atoms with van der Waals surface area (Å²) >= 11 is 5.79. The third-order valence-electron chi connectivity index (χ3n) is 3.39. The zero-order valence-electron chi connectivity index (χ0n) is 10.7. The van der Waals surface area contributed by atoms with Crippen LogP contribution < -0.4 is 10.6 Å². The van der Waals surface area contributed by atoms with E-state index in [0.717, 1.165) is 31.5 Å². The molecule has 0 aliphatic carbocycles. The minimum absolute atomic E-state index is 0.0141. The van der Waals surface area contributed by atoms with Crippen molar-refractivity contribution in [3.8, 4) is 0 Å². The van der Waals surface area contributed by atoms with Crippen LogP contribution in [0.3, 0.4) is 0 Å². The second kappa shape index (κ2) is 6.89. The smallest absolute Gasteiger partial charge is 0.224 e. The van der Waals surface area contributed by atoms with Crippen LogP contribution in [0.2, 0.25) is 5.02 Å². The quantitative estimate of drug-likeness (QED) is 0.784. The van der Waals surface area contributed by atoms with E-state index in [2.05, 4.69) is 10.6 Å². The van der Waals surface area contributed by atoms with Gasteiger partial charge in [-0.15, -0.1) is 0 Å². The van der Waals surface area contributed by atoms with Gasteiger partial charge in [0.15, 0.2) is 0 Å². The van der Waals surface area contributed by atoms with Gasteiger partial charge in [0.25, 0.3) is 0 Å². The topological polar surface area (TPSA) is 61.4 Å². The molecular formula is C14H19ClN2O2. The Bertz CT molecular complexity index is 416. The minimum Gasteiger partial charge on any atom is -0.387 e. The highest BCUT2D eigenvalue weighted by Gasteiger charge is 2.21. The second-order valence-corrected chi connectivity index (χ2v) is 5.29. The third kappa shape index (κ3) is 4.20. The second-order valence-electron chi connectivity index (χ2n) is 4.86. The van der Waals surface area contributed by atoms with Gasteiger partial charge in [-0.05, 0) is 37.1 Å². The summed E-state index contributed by atoms with van der Waals surface area (Å²) in [4.78, 5) is 11.9. The van der Waals surface area contributed by atoms with Crippen LogP contribution in [0.25, 0.3) is 0 Å². The number of rotatable bonds is 4. The highest BCUT2D eigenvalue weighted by Crippen LogP contribution is 2.16. The van der Waals surface area contributed by atoms with Crippen molar-refractivity contribution in [3.05, 3.63) is 34.9 Å². The number of aliphatic hydroxyl groups excluding tert-OH is 1. The molecule has 0 spiro atoms. The van der Waals surface area contributed by atoms with Gasteiger partial charge in [0, 0.05) is 18.1 Å². The lowest BCUT2D eigenvalue weighted by Crippen LogP contribution is -2.41. The van der Waals surface area contributed by atoms with Crippen LogP contribution in [-0.2, 0) is 4.79 Å². The van der Waals surface area contributed by atoms with Crippen molar-refractivity contribution in [2.24, 2.45) is 5.92 Å². The summed E-state index contributed by atoms with van der Waals surface area (Å²) in [7, 11) is 0. The van der Waals surface area contributed by atoms with Crippen molar-refractivity contribution >= 4 is 17.5 Å². The predicted octanol–water partition coefficient (Wildman–Crippen LogP) is 1.49. The molecule has 0 bridgehead atoms. The standard InChI is InChI=1S/C14H19ClN2O2/c15-12-5-3-10(4-6-12)13(18)9-17-14(19)11-2-1-7-16-8-11/h3-6,11,13,16,18H,1-2,7-9H2,(H,17,19). The Labute approximate surface area is 118 Å². The molecule has 1 amide bonds. The number of benzene rings is 1. The maximum Gasteiger partial charge on any atom is 0.224 e. The molecule has 4 nitrogen and oxygen atoms in total. The molecule has 0 saturated carbocycles.